The van der Waals surface area contributed by atoms with E-state index in [0.717, 1.165) is 22.4 Å². The van der Waals surface area contributed by atoms with E-state index < -0.39 is 6.04 Å². The van der Waals surface area contributed by atoms with Gasteiger partial charge in [-0.15, -0.1) is 0 Å². The lowest BCUT2D eigenvalue weighted by atomic mass is 9.95. The lowest BCUT2D eigenvalue weighted by Crippen LogP contribution is -2.29. The zero-order chi connectivity index (χ0) is 25.4. The van der Waals surface area contributed by atoms with E-state index in [2.05, 4.69) is 10.2 Å². The number of carbonyl (C=O) groups excluding carboxylic acids is 1. The normalized spacial score (nSPS) is 14.7. The fraction of sp³-hybridized carbons (Fsp3) is 0.214. The molecule has 0 saturated heterocycles. The van der Waals surface area contributed by atoms with E-state index >= 15 is 0 Å². The van der Waals surface area contributed by atoms with Gasteiger partial charge in [-0.3, -0.25) is 9.89 Å². The highest BCUT2D eigenvalue weighted by Gasteiger charge is 2.42. The van der Waals surface area contributed by atoms with Crippen molar-refractivity contribution in [2.45, 2.75) is 26.4 Å². The molecule has 2 N–H and O–H groups in total. The van der Waals surface area contributed by atoms with Gasteiger partial charge in [0.2, 0.25) is 0 Å². The lowest BCUT2D eigenvalue weighted by Gasteiger charge is -2.27. The van der Waals surface area contributed by atoms with Crippen molar-refractivity contribution in [2.75, 3.05) is 13.7 Å². The number of amides is 1. The number of fused-ring (bicyclic) bond motifs is 1. The summed E-state index contributed by atoms with van der Waals surface area (Å²) in [7, 11) is 1.62. The van der Waals surface area contributed by atoms with Crippen LogP contribution in [0.3, 0.4) is 0 Å². The maximum Gasteiger partial charge on any atom is 0.273 e. The number of aromatic nitrogens is 2. The molecule has 4 aromatic rings. The van der Waals surface area contributed by atoms with Crippen molar-refractivity contribution < 1.29 is 19.4 Å². The first-order chi connectivity index (χ1) is 17.4. The van der Waals surface area contributed by atoms with Gasteiger partial charge in [0.1, 0.15) is 28.6 Å². The second-order valence-electron chi connectivity index (χ2n) is 8.67. The highest BCUT2D eigenvalue weighted by molar-refractivity contribution is 6.31. The van der Waals surface area contributed by atoms with Crippen LogP contribution in [0.4, 0.5) is 0 Å². The van der Waals surface area contributed by atoms with E-state index in [1.807, 2.05) is 62.4 Å². The summed E-state index contributed by atoms with van der Waals surface area (Å²) in [6.07, 6.45) is 0. The van der Waals surface area contributed by atoms with Crippen molar-refractivity contribution in [3.8, 4) is 28.5 Å². The second-order valence-corrected chi connectivity index (χ2v) is 9.08. The van der Waals surface area contributed by atoms with E-state index in [-0.39, 0.29) is 11.7 Å². The van der Waals surface area contributed by atoms with Crippen LogP contribution in [0.15, 0.2) is 60.7 Å². The number of hydrogen-bond acceptors (Lipinski definition) is 5. The minimum atomic E-state index is -0.455. The molecule has 184 valence electrons. The Bertz CT molecular complexity index is 1430. The summed E-state index contributed by atoms with van der Waals surface area (Å²) >= 11 is 6.40. The highest BCUT2D eigenvalue weighted by atomic mass is 35.5. The number of hydrogen-bond donors (Lipinski definition) is 2. The van der Waals surface area contributed by atoms with Gasteiger partial charge in [-0.25, -0.2) is 0 Å². The third-order valence-electron chi connectivity index (χ3n) is 6.39. The molecule has 1 aliphatic heterocycles. The van der Waals surface area contributed by atoms with Crippen LogP contribution in [0.25, 0.3) is 11.3 Å². The number of rotatable bonds is 7. The Morgan fingerprint density at radius 3 is 2.61 bits per heavy atom. The van der Waals surface area contributed by atoms with Gasteiger partial charge in [-0.05, 0) is 66.9 Å². The van der Waals surface area contributed by atoms with Gasteiger partial charge in [0.25, 0.3) is 5.91 Å². The smallest absolute Gasteiger partial charge is 0.273 e. The summed E-state index contributed by atoms with van der Waals surface area (Å²) in [6.45, 7) is 4.65. The number of aromatic amines is 1. The van der Waals surface area contributed by atoms with Crippen molar-refractivity contribution in [3.63, 3.8) is 0 Å². The van der Waals surface area contributed by atoms with Crippen molar-refractivity contribution in [3.05, 3.63) is 93.6 Å². The van der Waals surface area contributed by atoms with Crippen LogP contribution in [0.1, 0.15) is 45.7 Å². The van der Waals surface area contributed by atoms with Gasteiger partial charge in [-0.1, -0.05) is 35.9 Å². The molecule has 0 radical (unpaired) electrons. The monoisotopic (exact) mass is 503 g/mol. The minimum absolute atomic E-state index is 0.0501. The largest absolute Gasteiger partial charge is 0.507 e. The molecule has 1 atom stereocenters. The van der Waals surface area contributed by atoms with Gasteiger partial charge in [0.05, 0.1) is 19.8 Å². The first-order valence-corrected chi connectivity index (χ1v) is 12.0. The third kappa shape index (κ3) is 4.16. The van der Waals surface area contributed by atoms with Crippen molar-refractivity contribution >= 4 is 17.5 Å². The first kappa shape index (κ1) is 23.8. The van der Waals surface area contributed by atoms with Gasteiger partial charge < -0.3 is 19.5 Å². The molecule has 7 nitrogen and oxygen atoms in total. The molecule has 1 aromatic heterocycles. The second kappa shape index (κ2) is 9.59. The molecule has 5 rings (SSSR count). The molecule has 1 aliphatic rings. The predicted octanol–water partition coefficient (Wildman–Crippen LogP) is 5.90. The number of carbonyl (C=O) groups is 1. The Labute approximate surface area is 214 Å². The number of aryl methyl sites for hydroxylation is 1. The first-order valence-electron chi connectivity index (χ1n) is 11.7. The molecule has 8 heteroatoms. The van der Waals surface area contributed by atoms with Gasteiger partial charge in [0.15, 0.2) is 0 Å². The molecule has 0 bridgehead atoms. The van der Waals surface area contributed by atoms with Crippen LogP contribution in [0.5, 0.6) is 17.2 Å². The number of aromatic hydroxyl groups is 1. The van der Waals surface area contributed by atoms with E-state index in [1.54, 1.807) is 24.1 Å². The van der Waals surface area contributed by atoms with Crippen LogP contribution >= 0.6 is 11.6 Å². The van der Waals surface area contributed by atoms with E-state index in [1.165, 1.54) is 0 Å². The quantitative estimate of drug-likeness (QED) is 0.328. The lowest BCUT2D eigenvalue weighted by molar-refractivity contribution is 0.0730. The molecule has 1 amide bonds. The molecular formula is C28H26ClN3O4. The Kier molecular flexibility index (Phi) is 6.33. The molecule has 0 saturated carbocycles. The number of H-pyrrole nitrogens is 1. The Balaban J connectivity index is 1.65. The van der Waals surface area contributed by atoms with Crippen LogP contribution in [0, 0.1) is 6.92 Å². The van der Waals surface area contributed by atoms with E-state index in [0.29, 0.717) is 46.4 Å². The Morgan fingerprint density at radius 2 is 1.89 bits per heavy atom. The number of benzene rings is 3. The molecular weight excluding hydrogens is 478 g/mol. The fourth-order valence-electron chi connectivity index (χ4n) is 4.64. The number of nitrogens with zero attached hydrogens (tertiary/aromatic N) is 2. The standard InChI is InChI=1S/C28H26ClN3O4/c1-4-36-20-7-5-6-18(13-20)27-24-25(21-14-22(29)16(2)12-23(21)33)30-31-26(24)28(34)32(27)15-17-8-10-19(35-3)11-9-17/h5-14,27,33H,4,15H2,1-3H3,(H,30,31). The SMILES string of the molecule is CCOc1cccc(C2c3c(-c4cc(Cl)c(C)cc4O)n[nH]c3C(=O)N2Cc2ccc(OC)cc2)c1. The summed E-state index contributed by atoms with van der Waals surface area (Å²) in [5.74, 6) is 1.33. The van der Waals surface area contributed by atoms with Crippen molar-refractivity contribution in [1.82, 2.24) is 15.1 Å². The number of ether oxygens (including phenoxy) is 2. The Morgan fingerprint density at radius 1 is 1.11 bits per heavy atom. The van der Waals surface area contributed by atoms with Crippen molar-refractivity contribution in [1.29, 1.82) is 0 Å². The number of halogens is 1. The maximum atomic E-state index is 13.7. The van der Waals surface area contributed by atoms with Crippen molar-refractivity contribution in [2.24, 2.45) is 0 Å². The predicted molar refractivity (Wildman–Crippen MR) is 138 cm³/mol. The zero-order valence-electron chi connectivity index (χ0n) is 20.2. The van der Waals surface area contributed by atoms with Crippen LogP contribution in [0.2, 0.25) is 5.02 Å². The molecule has 2 heterocycles. The molecule has 0 fully saturated rings. The van der Waals surface area contributed by atoms with Crippen LogP contribution in [-0.2, 0) is 6.54 Å². The Hall–Kier alpha value is -3.97. The van der Waals surface area contributed by atoms with Gasteiger partial charge in [-0.2, -0.15) is 5.10 Å². The average molecular weight is 504 g/mol. The van der Waals surface area contributed by atoms with E-state index in [9.17, 15) is 9.90 Å². The molecule has 3 aromatic carbocycles. The van der Waals surface area contributed by atoms with Crippen LogP contribution < -0.4 is 9.47 Å². The highest BCUT2D eigenvalue weighted by Crippen LogP contribution is 2.46. The molecule has 0 aliphatic carbocycles. The molecule has 36 heavy (non-hydrogen) atoms. The summed E-state index contributed by atoms with van der Waals surface area (Å²) in [5.41, 5.74) is 4.62. The summed E-state index contributed by atoms with van der Waals surface area (Å²) in [4.78, 5) is 15.5. The summed E-state index contributed by atoms with van der Waals surface area (Å²) < 4.78 is 11.0. The summed E-state index contributed by atoms with van der Waals surface area (Å²) in [6, 6.07) is 18.2. The average Bonchev–Trinajstić information content (AvgIpc) is 3.41. The number of nitrogens with one attached hydrogen (secondary N) is 1. The van der Waals surface area contributed by atoms with Gasteiger partial charge >= 0.3 is 0 Å². The maximum absolute atomic E-state index is 13.7. The molecule has 1 unspecified atom stereocenters. The fourth-order valence-corrected chi connectivity index (χ4v) is 4.80. The zero-order valence-corrected chi connectivity index (χ0v) is 21.0. The number of phenols is 1. The molecule has 0 spiro atoms. The van der Waals surface area contributed by atoms with Gasteiger partial charge in [0, 0.05) is 22.7 Å². The van der Waals surface area contributed by atoms with Crippen LogP contribution in [-0.4, -0.2) is 39.8 Å². The summed E-state index contributed by atoms with van der Waals surface area (Å²) in [5, 5.41) is 18.6. The topological polar surface area (TPSA) is 87.7 Å². The third-order valence-corrected chi connectivity index (χ3v) is 6.80. The van der Waals surface area contributed by atoms with E-state index in [4.69, 9.17) is 21.1 Å². The minimum Gasteiger partial charge on any atom is -0.507 e. The number of methoxy groups -OCH3 is 1. The number of phenolic OH excluding ortho intramolecular Hbond substituents is 1.